The average Bonchev–Trinajstić information content (AvgIpc) is 3.49. The van der Waals surface area contributed by atoms with E-state index in [1.54, 1.807) is 43.6 Å². The van der Waals surface area contributed by atoms with Gasteiger partial charge in [0.15, 0.2) is 0 Å². The van der Waals surface area contributed by atoms with Crippen LogP contribution in [0.3, 0.4) is 0 Å². The lowest BCUT2D eigenvalue weighted by atomic mass is 10.0. The zero-order chi connectivity index (χ0) is 30.6. The maximum atomic E-state index is 13.7. The molecule has 0 saturated carbocycles. The zero-order valence-corrected chi connectivity index (χ0v) is 25.6. The lowest BCUT2D eigenvalue weighted by Gasteiger charge is -2.37. The van der Waals surface area contributed by atoms with E-state index >= 15 is 0 Å². The predicted molar refractivity (Wildman–Crippen MR) is 172 cm³/mol. The first-order chi connectivity index (χ1) is 21.2. The van der Waals surface area contributed by atoms with Crippen LogP contribution in [0.15, 0.2) is 101 Å². The molecule has 7 rings (SSSR count). The number of nitrogens with zero attached hydrogens (tertiary/aromatic N) is 5. The SMILES string of the molecule is Cc1ccc(S(=O)(=O)n2ccc3c(-c4ccc5nc(Cl)nc(N6CCOCC6c6ccccc6)c5c4)cn(C)c(=O)c32)cc1. The molecule has 4 heterocycles. The van der Waals surface area contributed by atoms with Crippen LogP contribution in [0.4, 0.5) is 5.82 Å². The summed E-state index contributed by atoms with van der Waals surface area (Å²) in [6.45, 7) is 3.53. The summed E-state index contributed by atoms with van der Waals surface area (Å²) < 4.78 is 35.7. The maximum absolute atomic E-state index is 13.7. The molecular weight excluding hydrogens is 598 g/mol. The average molecular weight is 626 g/mol. The second kappa shape index (κ2) is 10.9. The molecule has 1 unspecified atom stereocenters. The van der Waals surface area contributed by atoms with Crippen LogP contribution in [-0.2, 0) is 21.8 Å². The van der Waals surface area contributed by atoms with Gasteiger partial charge in [0.05, 0.1) is 29.7 Å². The molecule has 9 nitrogen and oxygen atoms in total. The molecule has 1 atom stereocenters. The molecule has 0 spiro atoms. The van der Waals surface area contributed by atoms with Crippen molar-refractivity contribution in [3.8, 4) is 11.1 Å². The zero-order valence-electron chi connectivity index (χ0n) is 24.0. The standard InChI is InChI=1S/C33H28ClN5O4S/c1-21-8-11-24(12-9-21)44(41,42)39-15-14-25-27(19-37(2)32(40)30(25)39)23-10-13-28-26(18-23)31(36-33(34)35-28)38-16-17-43-20-29(38)22-6-4-3-5-7-22/h3-15,18-19,29H,16-17,20H2,1-2H3. The number of morpholine rings is 1. The first-order valence-electron chi connectivity index (χ1n) is 14.1. The molecule has 1 saturated heterocycles. The maximum Gasteiger partial charge on any atom is 0.275 e. The number of rotatable bonds is 5. The Morgan fingerprint density at radius 1 is 0.955 bits per heavy atom. The van der Waals surface area contributed by atoms with Crippen molar-refractivity contribution in [2.45, 2.75) is 17.9 Å². The fourth-order valence-corrected chi connectivity index (χ4v) is 7.38. The number of aromatic nitrogens is 4. The second-order valence-electron chi connectivity index (χ2n) is 10.9. The summed E-state index contributed by atoms with van der Waals surface area (Å²) in [6.07, 6.45) is 3.17. The largest absolute Gasteiger partial charge is 0.377 e. The lowest BCUT2D eigenvalue weighted by Crippen LogP contribution is -2.40. The molecule has 0 N–H and O–H groups in total. The van der Waals surface area contributed by atoms with Crippen molar-refractivity contribution in [3.63, 3.8) is 0 Å². The number of aryl methyl sites for hydroxylation is 2. The Hall–Kier alpha value is -4.51. The van der Waals surface area contributed by atoms with Crippen molar-refractivity contribution in [1.82, 2.24) is 18.5 Å². The summed E-state index contributed by atoms with van der Waals surface area (Å²) in [4.78, 5) is 24.9. The number of benzene rings is 3. The van der Waals surface area contributed by atoms with Crippen LogP contribution in [0.25, 0.3) is 32.9 Å². The van der Waals surface area contributed by atoms with Crippen molar-refractivity contribution in [2.24, 2.45) is 7.05 Å². The third-order valence-corrected chi connectivity index (χ3v) is 9.97. The van der Waals surface area contributed by atoms with E-state index in [1.807, 2.05) is 43.3 Å². The summed E-state index contributed by atoms with van der Waals surface area (Å²) in [5, 5.41) is 1.44. The third kappa shape index (κ3) is 4.75. The van der Waals surface area contributed by atoms with Crippen LogP contribution in [-0.4, -0.2) is 46.7 Å². The molecule has 3 aromatic heterocycles. The smallest absolute Gasteiger partial charge is 0.275 e. The quantitative estimate of drug-likeness (QED) is 0.226. The Balaban J connectivity index is 1.41. The number of hydrogen-bond acceptors (Lipinski definition) is 7. The van der Waals surface area contributed by atoms with E-state index in [2.05, 4.69) is 22.0 Å². The van der Waals surface area contributed by atoms with Crippen molar-refractivity contribution >= 4 is 49.2 Å². The van der Waals surface area contributed by atoms with Crippen LogP contribution >= 0.6 is 11.6 Å². The number of fused-ring (bicyclic) bond motifs is 2. The van der Waals surface area contributed by atoms with Gasteiger partial charge in [-0.3, -0.25) is 4.79 Å². The minimum Gasteiger partial charge on any atom is -0.377 e. The number of hydrogen-bond donors (Lipinski definition) is 0. The second-order valence-corrected chi connectivity index (χ2v) is 13.0. The molecular formula is C33H28ClN5O4S. The third-order valence-electron chi connectivity index (χ3n) is 8.11. The summed E-state index contributed by atoms with van der Waals surface area (Å²) in [5.74, 6) is 0.680. The predicted octanol–water partition coefficient (Wildman–Crippen LogP) is 5.73. The molecule has 6 aromatic rings. The van der Waals surface area contributed by atoms with E-state index in [1.165, 1.54) is 10.8 Å². The van der Waals surface area contributed by atoms with Gasteiger partial charge in [-0.2, -0.15) is 4.98 Å². The highest BCUT2D eigenvalue weighted by Crippen LogP contribution is 2.37. The van der Waals surface area contributed by atoms with E-state index < -0.39 is 15.6 Å². The minimum atomic E-state index is -4.02. The molecule has 0 bridgehead atoms. The Labute approximate surface area is 259 Å². The van der Waals surface area contributed by atoms with Crippen LogP contribution in [0.5, 0.6) is 0 Å². The fourth-order valence-electron chi connectivity index (χ4n) is 5.86. The molecule has 1 aliphatic rings. The topological polar surface area (TPSA) is 99.3 Å². The van der Waals surface area contributed by atoms with Gasteiger partial charge in [0.25, 0.3) is 15.6 Å². The molecule has 11 heteroatoms. The lowest BCUT2D eigenvalue weighted by molar-refractivity contribution is 0.0939. The van der Waals surface area contributed by atoms with Gasteiger partial charge in [0, 0.05) is 42.3 Å². The number of ether oxygens (including phenoxy) is 1. The van der Waals surface area contributed by atoms with Crippen LogP contribution in [0, 0.1) is 6.92 Å². The first kappa shape index (κ1) is 28.3. The first-order valence-corrected chi connectivity index (χ1v) is 15.9. The monoisotopic (exact) mass is 625 g/mol. The number of pyridine rings is 1. The van der Waals surface area contributed by atoms with E-state index in [0.717, 1.165) is 26.0 Å². The summed E-state index contributed by atoms with van der Waals surface area (Å²) in [7, 11) is -2.40. The molecule has 3 aromatic carbocycles. The van der Waals surface area contributed by atoms with Gasteiger partial charge in [-0.05, 0) is 60.0 Å². The Bertz CT molecular complexity index is 2210. The Kier molecular flexibility index (Phi) is 7.00. The molecule has 1 aliphatic heterocycles. The van der Waals surface area contributed by atoms with Crippen LogP contribution < -0.4 is 10.5 Å². The van der Waals surface area contributed by atoms with Crippen molar-refractivity contribution < 1.29 is 13.2 Å². The Morgan fingerprint density at radius 3 is 2.50 bits per heavy atom. The Morgan fingerprint density at radius 2 is 1.73 bits per heavy atom. The highest BCUT2D eigenvalue weighted by molar-refractivity contribution is 7.90. The van der Waals surface area contributed by atoms with Crippen molar-refractivity contribution in [2.75, 3.05) is 24.7 Å². The highest BCUT2D eigenvalue weighted by atomic mass is 35.5. The van der Waals surface area contributed by atoms with Crippen LogP contribution in [0.2, 0.25) is 5.28 Å². The molecule has 0 amide bonds. The molecule has 222 valence electrons. The molecule has 44 heavy (non-hydrogen) atoms. The van der Waals surface area contributed by atoms with E-state index in [4.69, 9.17) is 21.3 Å². The summed E-state index contributed by atoms with van der Waals surface area (Å²) in [6, 6.07) is 24.0. The normalized spacial score (nSPS) is 15.7. The number of anilines is 1. The van der Waals surface area contributed by atoms with E-state index in [9.17, 15) is 13.2 Å². The van der Waals surface area contributed by atoms with Crippen molar-refractivity contribution in [3.05, 3.63) is 118 Å². The molecule has 0 radical (unpaired) electrons. The van der Waals surface area contributed by atoms with Crippen LogP contribution in [0.1, 0.15) is 17.2 Å². The highest BCUT2D eigenvalue weighted by Gasteiger charge is 2.28. The van der Waals surface area contributed by atoms with Crippen molar-refractivity contribution in [1.29, 1.82) is 0 Å². The van der Waals surface area contributed by atoms with Gasteiger partial charge < -0.3 is 14.2 Å². The summed E-state index contributed by atoms with van der Waals surface area (Å²) >= 11 is 6.44. The fraction of sp³-hybridized carbons (Fsp3) is 0.182. The minimum absolute atomic E-state index is 0.0759. The van der Waals surface area contributed by atoms with Gasteiger partial charge in [-0.15, -0.1) is 0 Å². The molecule has 0 aliphatic carbocycles. The van der Waals surface area contributed by atoms with Gasteiger partial charge in [0.2, 0.25) is 5.28 Å². The van der Waals surface area contributed by atoms with Gasteiger partial charge >= 0.3 is 0 Å². The van der Waals surface area contributed by atoms with Gasteiger partial charge in [-0.1, -0.05) is 54.1 Å². The number of halogens is 1. The summed E-state index contributed by atoms with van der Waals surface area (Å²) in [5.41, 5.74) is 3.85. The van der Waals surface area contributed by atoms with Gasteiger partial charge in [-0.25, -0.2) is 17.4 Å². The van der Waals surface area contributed by atoms with Gasteiger partial charge in [0.1, 0.15) is 11.3 Å². The van der Waals surface area contributed by atoms with E-state index in [-0.39, 0.29) is 21.7 Å². The molecule has 1 fully saturated rings. The van der Waals surface area contributed by atoms with E-state index in [0.29, 0.717) is 42.0 Å².